The van der Waals surface area contributed by atoms with Crippen molar-refractivity contribution in [3.63, 3.8) is 0 Å². The van der Waals surface area contributed by atoms with Gasteiger partial charge in [0, 0.05) is 58.8 Å². The zero-order chi connectivity index (χ0) is 40.3. The quantitative estimate of drug-likeness (QED) is 0.156. The van der Waals surface area contributed by atoms with E-state index >= 15 is 0 Å². The Kier molecular flexibility index (Phi) is 8.39. The summed E-state index contributed by atoms with van der Waals surface area (Å²) < 4.78 is 5.11. The van der Waals surface area contributed by atoms with E-state index in [1.165, 1.54) is 80.6 Å². The Hall–Kier alpha value is -7.72. The molecule has 0 unspecified atom stereocenters. The van der Waals surface area contributed by atoms with Gasteiger partial charge in [0.2, 0.25) is 0 Å². The van der Waals surface area contributed by atoms with Gasteiger partial charge in [0.15, 0.2) is 0 Å². The second-order valence-electron chi connectivity index (χ2n) is 15.6. The molecular weight excluding hydrogens is 757 g/mol. The van der Waals surface area contributed by atoms with Crippen molar-refractivity contribution < 1.29 is 0 Å². The highest BCUT2D eigenvalue weighted by atomic mass is 32.1. The van der Waals surface area contributed by atoms with E-state index in [1.807, 2.05) is 11.3 Å². The van der Waals surface area contributed by atoms with E-state index in [2.05, 4.69) is 240 Å². The highest BCUT2D eigenvalue weighted by Crippen LogP contribution is 2.46. The molecule has 0 aliphatic heterocycles. The van der Waals surface area contributed by atoms with E-state index in [9.17, 15) is 0 Å². The maximum Gasteiger partial charge on any atom is 0.0562 e. The lowest BCUT2D eigenvalue weighted by atomic mass is 9.95. The summed E-state index contributed by atoms with van der Waals surface area (Å²) in [5.41, 5.74) is 14.2. The zero-order valence-electron chi connectivity index (χ0n) is 33.2. The van der Waals surface area contributed by atoms with Crippen LogP contribution in [0.4, 0.5) is 17.1 Å². The van der Waals surface area contributed by atoms with Gasteiger partial charge in [-0.3, -0.25) is 0 Å². The number of benzene rings is 10. The number of para-hydroxylation sites is 3. The van der Waals surface area contributed by atoms with Gasteiger partial charge >= 0.3 is 0 Å². The number of nitrogens with zero attached hydrogens (tertiary/aromatic N) is 2. The lowest BCUT2D eigenvalue weighted by molar-refractivity contribution is 1.18. The van der Waals surface area contributed by atoms with E-state index in [4.69, 9.17) is 0 Å². The van der Waals surface area contributed by atoms with Crippen LogP contribution in [0.3, 0.4) is 0 Å². The number of hydrogen-bond donors (Lipinski definition) is 0. The minimum atomic E-state index is 1.09. The maximum absolute atomic E-state index is 2.49. The van der Waals surface area contributed by atoms with Crippen molar-refractivity contribution in [3.8, 4) is 39.1 Å². The summed E-state index contributed by atoms with van der Waals surface area (Å²) in [6, 6.07) is 84.1. The Morgan fingerprint density at radius 2 is 0.934 bits per heavy atom. The second-order valence-corrected chi connectivity index (χ2v) is 16.7. The third-order valence-corrected chi connectivity index (χ3v) is 13.4. The fourth-order valence-corrected chi connectivity index (χ4v) is 10.7. The Bertz CT molecular complexity index is 3580. The molecule has 10 aromatic carbocycles. The first-order valence-corrected chi connectivity index (χ1v) is 21.7. The molecule has 0 spiro atoms. The summed E-state index contributed by atoms with van der Waals surface area (Å²) in [6.07, 6.45) is 0. The van der Waals surface area contributed by atoms with Crippen LogP contribution in [-0.2, 0) is 0 Å². The molecule has 0 amide bonds. The third-order valence-electron chi connectivity index (χ3n) is 12.2. The largest absolute Gasteiger partial charge is 0.310 e. The van der Waals surface area contributed by atoms with E-state index in [-0.39, 0.29) is 0 Å². The van der Waals surface area contributed by atoms with Crippen molar-refractivity contribution in [2.24, 2.45) is 0 Å². The molecule has 0 N–H and O–H groups in total. The zero-order valence-corrected chi connectivity index (χ0v) is 34.1. The first kappa shape index (κ1) is 35.2. The van der Waals surface area contributed by atoms with E-state index in [0.717, 1.165) is 28.3 Å². The summed E-state index contributed by atoms with van der Waals surface area (Å²) in [5, 5.41) is 7.48. The Balaban J connectivity index is 1.05. The normalized spacial score (nSPS) is 11.6. The van der Waals surface area contributed by atoms with Gasteiger partial charge in [-0.25, -0.2) is 0 Å². The summed E-state index contributed by atoms with van der Waals surface area (Å²) in [5.74, 6) is 0. The van der Waals surface area contributed by atoms with Gasteiger partial charge in [0.05, 0.1) is 22.4 Å². The molecule has 0 fully saturated rings. The van der Waals surface area contributed by atoms with Gasteiger partial charge in [0.1, 0.15) is 0 Å². The van der Waals surface area contributed by atoms with Crippen LogP contribution in [0.5, 0.6) is 0 Å². The molecule has 286 valence electrons. The fourth-order valence-electron chi connectivity index (χ4n) is 9.42. The van der Waals surface area contributed by atoms with Gasteiger partial charge in [0.25, 0.3) is 0 Å². The number of anilines is 3. The summed E-state index contributed by atoms with van der Waals surface area (Å²) in [4.78, 5) is 2.43. The van der Waals surface area contributed by atoms with Crippen LogP contribution in [0.2, 0.25) is 0 Å². The van der Waals surface area contributed by atoms with Crippen LogP contribution in [0.15, 0.2) is 231 Å². The van der Waals surface area contributed by atoms with Crippen LogP contribution in [0, 0.1) is 0 Å². The third kappa shape index (κ3) is 5.85. The van der Waals surface area contributed by atoms with Crippen LogP contribution in [-0.4, -0.2) is 4.57 Å². The summed E-state index contributed by atoms with van der Waals surface area (Å²) >= 11 is 1.88. The predicted molar refractivity (Wildman–Crippen MR) is 262 cm³/mol. The van der Waals surface area contributed by atoms with Crippen molar-refractivity contribution >= 4 is 81.1 Å². The fraction of sp³-hybridized carbons (Fsp3) is 0. The molecule has 0 bridgehead atoms. The predicted octanol–water partition coefficient (Wildman–Crippen LogP) is 16.8. The topological polar surface area (TPSA) is 8.17 Å². The molecular formula is C58H38N2S. The van der Waals surface area contributed by atoms with Crippen LogP contribution >= 0.6 is 11.3 Å². The number of thiophene rings is 1. The average Bonchev–Trinajstić information content (AvgIpc) is 3.88. The number of hydrogen-bond acceptors (Lipinski definition) is 2. The molecule has 3 heteroatoms. The molecule has 2 nitrogen and oxygen atoms in total. The van der Waals surface area contributed by atoms with Gasteiger partial charge in [-0.05, 0) is 76.2 Å². The van der Waals surface area contributed by atoms with Crippen molar-refractivity contribution in [3.05, 3.63) is 231 Å². The SMILES string of the molecule is c1ccc(-c2ccc(-c3ccc(N(c4ccccc4)c4ccc5c6ccccc6n(-c6ccccc6-c6cccc7c6sc6ccccc67)c5c4)c4ccccc34)cc2)cc1. The molecule has 0 aliphatic rings. The Labute approximate surface area is 358 Å². The van der Waals surface area contributed by atoms with Gasteiger partial charge in [-0.1, -0.05) is 182 Å². The lowest BCUT2D eigenvalue weighted by Crippen LogP contribution is -2.10. The lowest BCUT2D eigenvalue weighted by Gasteiger charge is -2.28. The van der Waals surface area contributed by atoms with Gasteiger partial charge in [-0.15, -0.1) is 11.3 Å². The van der Waals surface area contributed by atoms with Crippen molar-refractivity contribution in [1.29, 1.82) is 0 Å². The van der Waals surface area contributed by atoms with Crippen LogP contribution in [0.25, 0.3) is 91.8 Å². The van der Waals surface area contributed by atoms with E-state index in [0.29, 0.717) is 0 Å². The number of fused-ring (bicyclic) bond motifs is 7. The highest BCUT2D eigenvalue weighted by Gasteiger charge is 2.22. The molecule has 0 saturated carbocycles. The summed E-state index contributed by atoms with van der Waals surface area (Å²) in [7, 11) is 0. The van der Waals surface area contributed by atoms with Gasteiger partial charge in [-0.2, -0.15) is 0 Å². The van der Waals surface area contributed by atoms with E-state index in [1.54, 1.807) is 0 Å². The average molecular weight is 795 g/mol. The number of aromatic nitrogens is 1. The van der Waals surface area contributed by atoms with E-state index < -0.39 is 0 Å². The Morgan fingerprint density at radius 3 is 1.77 bits per heavy atom. The van der Waals surface area contributed by atoms with Crippen molar-refractivity contribution in [2.75, 3.05) is 4.90 Å². The smallest absolute Gasteiger partial charge is 0.0562 e. The summed E-state index contributed by atoms with van der Waals surface area (Å²) in [6.45, 7) is 0. The molecule has 12 rings (SSSR count). The second kappa shape index (κ2) is 14.5. The maximum atomic E-state index is 2.49. The first-order chi connectivity index (χ1) is 30.3. The molecule has 2 heterocycles. The molecule has 61 heavy (non-hydrogen) atoms. The monoisotopic (exact) mass is 794 g/mol. The molecule has 0 radical (unpaired) electrons. The molecule has 12 aromatic rings. The highest BCUT2D eigenvalue weighted by molar-refractivity contribution is 7.26. The van der Waals surface area contributed by atoms with Crippen molar-refractivity contribution in [2.45, 2.75) is 0 Å². The van der Waals surface area contributed by atoms with Gasteiger partial charge < -0.3 is 9.47 Å². The molecule has 0 atom stereocenters. The molecule has 2 aromatic heterocycles. The minimum Gasteiger partial charge on any atom is -0.310 e. The van der Waals surface area contributed by atoms with Crippen LogP contribution in [0.1, 0.15) is 0 Å². The number of rotatable bonds is 7. The van der Waals surface area contributed by atoms with Crippen molar-refractivity contribution in [1.82, 2.24) is 4.57 Å². The Morgan fingerprint density at radius 1 is 0.328 bits per heavy atom. The standard InChI is InChI=1S/C58H38N2S/c1-3-16-39(17-4-1)40-30-32-41(33-31-40)44-36-37-55(46-21-8-7-20-45(44)46)59(42-18-5-2-6-19-42)43-34-35-49-47-22-9-12-27-53(47)60(56(49)38-43)54-28-13-10-23-48(54)51-25-15-26-52-50-24-11-14-29-57(50)61-58(51)52/h1-38H. The molecule has 0 saturated heterocycles. The first-order valence-electron chi connectivity index (χ1n) is 20.8. The van der Waals surface area contributed by atoms with Crippen LogP contribution < -0.4 is 4.90 Å². The molecule has 0 aliphatic carbocycles. The minimum absolute atomic E-state index is 1.09.